The molecule has 0 aliphatic heterocycles. The number of halogens is 5. The zero-order valence-corrected chi connectivity index (χ0v) is 21.7. The quantitative estimate of drug-likeness (QED) is 0.327. The van der Waals surface area contributed by atoms with Crippen LogP contribution in [0, 0.1) is 0 Å². The van der Waals surface area contributed by atoms with Gasteiger partial charge in [-0.15, -0.1) is 10.2 Å². The van der Waals surface area contributed by atoms with E-state index in [4.69, 9.17) is 58.0 Å². The zero-order valence-electron chi connectivity index (χ0n) is 17.1. The Hall–Kier alpha value is -1.68. The van der Waals surface area contributed by atoms with Gasteiger partial charge in [0.1, 0.15) is 0 Å². The number of nitrogens with zero attached hydrogens (tertiary/aromatic N) is 3. The lowest BCUT2D eigenvalue weighted by Gasteiger charge is -2.14. The van der Waals surface area contributed by atoms with Crippen molar-refractivity contribution in [2.45, 2.75) is 18.1 Å². The Balaban J connectivity index is 1.61. The van der Waals surface area contributed by atoms with Crippen LogP contribution in [-0.4, -0.2) is 32.3 Å². The summed E-state index contributed by atoms with van der Waals surface area (Å²) in [7, 11) is 1.74. The largest absolute Gasteiger partial charge is 0.342 e. The van der Waals surface area contributed by atoms with Crippen LogP contribution in [0.4, 0.5) is 5.69 Å². The molecule has 0 unspecified atom stereocenters. The lowest BCUT2D eigenvalue weighted by atomic mass is 10.2. The van der Waals surface area contributed by atoms with Crippen molar-refractivity contribution in [2.75, 3.05) is 11.1 Å². The molecule has 0 saturated heterocycles. The summed E-state index contributed by atoms with van der Waals surface area (Å²) in [5, 5.41) is 15.7. The van der Waals surface area contributed by atoms with Crippen molar-refractivity contribution < 1.29 is 9.59 Å². The fraction of sp³-hybridized carbons (Fsp3) is 0.200. The number of hydrogen-bond acceptors (Lipinski definition) is 5. The van der Waals surface area contributed by atoms with E-state index in [0.717, 1.165) is 0 Å². The Morgan fingerprint density at radius 2 is 1.67 bits per heavy atom. The number of carbonyl (C=O) groups excluding carboxylic acids is 2. The predicted octanol–water partition coefficient (Wildman–Crippen LogP) is 6.30. The number of amides is 2. The lowest BCUT2D eigenvalue weighted by Crippen LogP contribution is -2.28. The summed E-state index contributed by atoms with van der Waals surface area (Å²) in [6.45, 7) is 1.77. The molecule has 1 atom stereocenters. The van der Waals surface area contributed by atoms with Gasteiger partial charge in [-0.1, -0.05) is 69.8 Å². The molecule has 2 N–H and O–H groups in total. The minimum atomic E-state index is -0.459. The molecular weight excluding hydrogens is 552 g/mol. The van der Waals surface area contributed by atoms with E-state index in [1.165, 1.54) is 30.0 Å². The Bertz CT molecular complexity index is 1200. The van der Waals surface area contributed by atoms with Crippen molar-refractivity contribution >= 4 is 87.3 Å². The molecule has 0 aliphatic carbocycles. The summed E-state index contributed by atoms with van der Waals surface area (Å²) in [4.78, 5) is 24.9. The van der Waals surface area contributed by atoms with Crippen LogP contribution >= 0.6 is 69.8 Å². The molecule has 2 amide bonds. The number of rotatable bonds is 7. The number of nitrogens with one attached hydrogen (secondary N) is 2. The van der Waals surface area contributed by atoms with Crippen molar-refractivity contribution in [3.63, 3.8) is 0 Å². The highest BCUT2D eigenvalue weighted by atomic mass is 35.5. The van der Waals surface area contributed by atoms with E-state index >= 15 is 0 Å². The van der Waals surface area contributed by atoms with Crippen LogP contribution in [0.5, 0.6) is 0 Å². The maximum absolute atomic E-state index is 12.5. The van der Waals surface area contributed by atoms with Gasteiger partial charge in [-0.25, -0.2) is 0 Å². The van der Waals surface area contributed by atoms with E-state index in [-0.39, 0.29) is 38.3 Å². The molecule has 7 nitrogen and oxygen atoms in total. The summed E-state index contributed by atoms with van der Waals surface area (Å²) in [5.41, 5.74) is 0.648. The predicted molar refractivity (Wildman–Crippen MR) is 134 cm³/mol. The molecule has 0 fully saturated rings. The molecule has 0 aliphatic rings. The Labute approximate surface area is 219 Å². The topological polar surface area (TPSA) is 88.9 Å². The molecule has 0 saturated carbocycles. The van der Waals surface area contributed by atoms with Crippen LogP contribution in [0.2, 0.25) is 25.1 Å². The zero-order chi connectivity index (χ0) is 24.3. The Kier molecular flexibility index (Phi) is 8.77. The summed E-state index contributed by atoms with van der Waals surface area (Å²) >= 11 is 31.1. The molecule has 3 rings (SSSR count). The van der Waals surface area contributed by atoms with Gasteiger partial charge in [0.05, 0.1) is 37.6 Å². The van der Waals surface area contributed by atoms with Crippen molar-refractivity contribution in [1.29, 1.82) is 0 Å². The second kappa shape index (κ2) is 11.2. The third-order valence-corrected chi connectivity index (χ3v) is 6.96. The molecular formula is C20H16Cl5N5O2S. The van der Waals surface area contributed by atoms with Gasteiger partial charge in [0.15, 0.2) is 11.0 Å². The number of aromatic nitrogens is 3. The molecule has 0 radical (unpaired) electrons. The molecule has 1 heterocycles. The highest BCUT2D eigenvalue weighted by Crippen LogP contribution is 2.34. The Morgan fingerprint density at radius 3 is 2.30 bits per heavy atom. The number of anilines is 1. The van der Waals surface area contributed by atoms with Crippen molar-refractivity contribution in [2.24, 2.45) is 7.05 Å². The number of carbonyl (C=O) groups is 2. The van der Waals surface area contributed by atoms with Gasteiger partial charge in [-0.05, 0) is 37.3 Å². The normalized spacial score (nSPS) is 11.8. The Morgan fingerprint density at radius 1 is 1.00 bits per heavy atom. The molecule has 0 spiro atoms. The van der Waals surface area contributed by atoms with Gasteiger partial charge in [-0.3, -0.25) is 9.59 Å². The van der Waals surface area contributed by atoms with Gasteiger partial charge in [0.2, 0.25) is 5.91 Å². The van der Waals surface area contributed by atoms with Crippen LogP contribution in [0.15, 0.2) is 35.5 Å². The van der Waals surface area contributed by atoms with Crippen LogP contribution in [-0.2, 0) is 11.8 Å². The molecule has 0 bridgehead atoms. The van der Waals surface area contributed by atoms with E-state index in [2.05, 4.69) is 20.8 Å². The maximum atomic E-state index is 12.5. The molecule has 2 aromatic carbocycles. The smallest absolute Gasteiger partial charge is 0.251 e. The third kappa shape index (κ3) is 6.47. The number of hydrogen-bond donors (Lipinski definition) is 2. The fourth-order valence-corrected chi connectivity index (χ4v) is 4.71. The van der Waals surface area contributed by atoms with Gasteiger partial charge in [-0.2, -0.15) is 0 Å². The third-order valence-electron chi connectivity index (χ3n) is 4.39. The van der Waals surface area contributed by atoms with E-state index in [0.29, 0.717) is 26.6 Å². The first-order chi connectivity index (χ1) is 15.6. The second-order valence-electron chi connectivity index (χ2n) is 6.81. The highest BCUT2D eigenvalue weighted by molar-refractivity contribution is 7.99. The minimum absolute atomic E-state index is 0.0330. The summed E-state index contributed by atoms with van der Waals surface area (Å²) in [6, 6.07) is 7.13. The van der Waals surface area contributed by atoms with E-state index in [1.54, 1.807) is 30.7 Å². The van der Waals surface area contributed by atoms with Crippen molar-refractivity contribution in [1.82, 2.24) is 20.1 Å². The van der Waals surface area contributed by atoms with Crippen LogP contribution in [0.25, 0.3) is 0 Å². The first-order valence-corrected chi connectivity index (χ1v) is 12.2. The van der Waals surface area contributed by atoms with Gasteiger partial charge < -0.3 is 15.2 Å². The highest BCUT2D eigenvalue weighted by Gasteiger charge is 2.20. The van der Waals surface area contributed by atoms with E-state index in [1.807, 2.05) is 0 Å². The van der Waals surface area contributed by atoms with Gasteiger partial charge in [0, 0.05) is 17.6 Å². The average molecular weight is 568 g/mol. The molecule has 174 valence electrons. The summed E-state index contributed by atoms with van der Waals surface area (Å²) < 4.78 is 1.69. The van der Waals surface area contributed by atoms with E-state index in [9.17, 15) is 9.59 Å². The van der Waals surface area contributed by atoms with Crippen LogP contribution < -0.4 is 10.6 Å². The monoisotopic (exact) mass is 565 g/mol. The van der Waals surface area contributed by atoms with Gasteiger partial charge >= 0.3 is 0 Å². The summed E-state index contributed by atoms with van der Waals surface area (Å²) in [6.07, 6.45) is 0. The molecule has 3 aromatic rings. The van der Waals surface area contributed by atoms with Crippen LogP contribution in [0.3, 0.4) is 0 Å². The molecule has 1 aromatic heterocycles. The lowest BCUT2D eigenvalue weighted by molar-refractivity contribution is -0.113. The van der Waals surface area contributed by atoms with Crippen LogP contribution in [0.1, 0.15) is 29.1 Å². The minimum Gasteiger partial charge on any atom is -0.342 e. The van der Waals surface area contributed by atoms with E-state index < -0.39 is 6.04 Å². The number of benzene rings is 2. The number of thioether (sulfide) groups is 1. The maximum Gasteiger partial charge on any atom is 0.251 e. The van der Waals surface area contributed by atoms with Crippen molar-refractivity contribution in [3.8, 4) is 0 Å². The average Bonchev–Trinajstić information content (AvgIpc) is 3.11. The second-order valence-corrected chi connectivity index (χ2v) is 9.81. The van der Waals surface area contributed by atoms with Gasteiger partial charge in [0.25, 0.3) is 5.91 Å². The summed E-state index contributed by atoms with van der Waals surface area (Å²) in [5.74, 6) is -0.133. The van der Waals surface area contributed by atoms with Crippen molar-refractivity contribution in [3.05, 3.63) is 66.8 Å². The molecule has 33 heavy (non-hydrogen) atoms. The standard InChI is InChI=1S/C20H16Cl5N5O2S/c1-9(26-19(32)10-3-4-12(22)13(23)5-10)18-28-29-20(30(18)2)33-8-16(31)27-17-14(24)6-11(21)7-15(17)25/h3-7,9H,8H2,1-2H3,(H,26,32)(H,27,31)/t9-/m1/s1. The first-order valence-electron chi connectivity index (χ1n) is 9.29. The first kappa shape index (κ1) is 25.9. The SMILES string of the molecule is C[C@@H](NC(=O)c1ccc(Cl)c(Cl)c1)c1nnc(SCC(=O)Nc2c(Cl)cc(Cl)cc2Cl)n1C. The molecule has 13 heteroatoms. The fourth-order valence-electron chi connectivity index (χ4n) is 2.78.